The Morgan fingerprint density at radius 1 is 0.900 bits per heavy atom. The lowest BCUT2D eigenvalue weighted by atomic mass is 10.0. The van der Waals surface area contributed by atoms with Gasteiger partial charge in [-0.25, -0.2) is 9.98 Å². The second kappa shape index (κ2) is 9.07. The number of hydrogen-bond donors (Lipinski definition) is 0. The minimum atomic E-state index is -1.82. The number of rotatable bonds is 6. The molecular formula is C26H32N2OSi. The van der Waals surface area contributed by atoms with Gasteiger partial charge in [0.15, 0.2) is 14.1 Å². The summed E-state index contributed by atoms with van der Waals surface area (Å²) in [6, 6.07) is 22.6. The Morgan fingerprint density at radius 3 is 1.93 bits per heavy atom. The van der Waals surface area contributed by atoms with Crippen LogP contribution in [-0.4, -0.2) is 19.0 Å². The second-order valence-electron chi connectivity index (χ2n) is 9.16. The Kier molecular flexibility index (Phi) is 6.69. The van der Waals surface area contributed by atoms with Gasteiger partial charge in [0.05, 0.1) is 12.3 Å². The molecule has 2 aromatic carbocycles. The molecule has 0 amide bonds. The SMILES string of the molecule is Cc1c(CO[Si](C)(C)C(C)(C)C)ccnc1N=C(c1ccccc1)c1ccccc1. The average Bonchev–Trinajstić information content (AvgIpc) is 2.72. The molecule has 1 aromatic heterocycles. The zero-order valence-electron chi connectivity index (χ0n) is 18.9. The highest BCUT2D eigenvalue weighted by molar-refractivity contribution is 6.74. The van der Waals surface area contributed by atoms with E-state index in [0.717, 1.165) is 33.8 Å². The standard InChI is InChI=1S/C26H32N2OSi/c1-20-23(19-29-30(5,6)26(2,3)4)17-18-27-25(20)28-24(21-13-9-7-10-14-21)22-15-11-8-12-16-22/h7-18H,19H2,1-6H3. The third-order valence-electron chi connectivity index (χ3n) is 6.00. The predicted molar refractivity (Wildman–Crippen MR) is 129 cm³/mol. The van der Waals surface area contributed by atoms with Crippen LogP contribution in [0.2, 0.25) is 18.1 Å². The summed E-state index contributed by atoms with van der Waals surface area (Å²) in [4.78, 5) is 9.61. The summed E-state index contributed by atoms with van der Waals surface area (Å²) in [5.41, 5.74) is 5.30. The van der Waals surface area contributed by atoms with Gasteiger partial charge in [-0.2, -0.15) is 0 Å². The number of aromatic nitrogens is 1. The van der Waals surface area contributed by atoms with Crippen LogP contribution < -0.4 is 0 Å². The van der Waals surface area contributed by atoms with Crippen molar-refractivity contribution in [1.29, 1.82) is 0 Å². The van der Waals surface area contributed by atoms with Gasteiger partial charge >= 0.3 is 0 Å². The number of hydrogen-bond acceptors (Lipinski definition) is 3. The van der Waals surface area contributed by atoms with E-state index in [-0.39, 0.29) is 5.04 Å². The first-order valence-corrected chi connectivity index (χ1v) is 13.4. The largest absolute Gasteiger partial charge is 0.413 e. The summed E-state index contributed by atoms with van der Waals surface area (Å²) in [7, 11) is -1.82. The molecule has 0 N–H and O–H groups in total. The molecule has 0 saturated carbocycles. The third kappa shape index (κ3) is 5.13. The highest BCUT2D eigenvalue weighted by Gasteiger charge is 2.37. The van der Waals surface area contributed by atoms with Crippen LogP contribution in [0.4, 0.5) is 5.82 Å². The van der Waals surface area contributed by atoms with Crippen molar-refractivity contribution in [2.45, 2.75) is 52.4 Å². The van der Waals surface area contributed by atoms with Crippen molar-refractivity contribution in [2.24, 2.45) is 4.99 Å². The van der Waals surface area contributed by atoms with Crippen molar-refractivity contribution in [3.8, 4) is 0 Å². The molecule has 156 valence electrons. The molecule has 3 rings (SSSR count). The fraction of sp³-hybridized carbons (Fsp3) is 0.308. The molecule has 30 heavy (non-hydrogen) atoms. The van der Waals surface area contributed by atoms with Crippen molar-refractivity contribution in [2.75, 3.05) is 0 Å². The maximum atomic E-state index is 6.45. The van der Waals surface area contributed by atoms with Crippen molar-refractivity contribution in [3.05, 3.63) is 95.2 Å². The van der Waals surface area contributed by atoms with Crippen LogP contribution >= 0.6 is 0 Å². The number of nitrogens with zero attached hydrogens (tertiary/aromatic N) is 2. The van der Waals surface area contributed by atoms with E-state index in [1.165, 1.54) is 0 Å². The molecule has 3 nitrogen and oxygen atoms in total. The van der Waals surface area contributed by atoms with Crippen LogP contribution in [-0.2, 0) is 11.0 Å². The van der Waals surface area contributed by atoms with Gasteiger partial charge < -0.3 is 4.43 Å². The van der Waals surface area contributed by atoms with E-state index in [4.69, 9.17) is 9.42 Å². The van der Waals surface area contributed by atoms with Crippen molar-refractivity contribution < 1.29 is 4.43 Å². The highest BCUT2D eigenvalue weighted by Crippen LogP contribution is 2.37. The molecule has 0 fully saturated rings. The fourth-order valence-electron chi connectivity index (χ4n) is 2.90. The van der Waals surface area contributed by atoms with Crippen LogP contribution in [0.15, 0.2) is 77.9 Å². The monoisotopic (exact) mass is 416 g/mol. The lowest BCUT2D eigenvalue weighted by Gasteiger charge is -2.36. The quantitative estimate of drug-likeness (QED) is 0.318. The van der Waals surface area contributed by atoms with E-state index < -0.39 is 8.32 Å². The summed E-state index contributed by atoms with van der Waals surface area (Å²) in [5.74, 6) is 0.744. The Bertz CT molecular complexity index is 965. The van der Waals surface area contributed by atoms with Gasteiger partial charge in [-0.05, 0) is 42.2 Å². The first kappa shape index (κ1) is 22.1. The average molecular weight is 417 g/mol. The lowest BCUT2D eigenvalue weighted by molar-refractivity contribution is 0.275. The van der Waals surface area contributed by atoms with Gasteiger partial charge in [-0.15, -0.1) is 0 Å². The third-order valence-corrected chi connectivity index (χ3v) is 10.5. The molecule has 4 heteroatoms. The van der Waals surface area contributed by atoms with Crippen molar-refractivity contribution in [3.63, 3.8) is 0 Å². The lowest BCUT2D eigenvalue weighted by Crippen LogP contribution is -2.40. The summed E-state index contributed by atoms with van der Waals surface area (Å²) >= 11 is 0. The minimum Gasteiger partial charge on any atom is -0.413 e. The Hall–Kier alpha value is -2.56. The number of pyridine rings is 1. The molecule has 0 spiro atoms. The van der Waals surface area contributed by atoms with E-state index in [1.54, 1.807) is 0 Å². The van der Waals surface area contributed by atoms with E-state index in [2.05, 4.69) is 70.0 Å². The number of benzene rings is 2. The van der Waals surface area contributed by atoms with Crippen LogP contribution in [0.1, 0.15) is 43.0 Å². The summed E-state index contributed by atoms with van der Waals surface area (Å²) < 4.78 is 6.45. The zero-order chi connectivity index (χ0) is 21.8. The highest BCUT2D eigenvalue weighted by atomic mass is 28.4. The molecule has 0 unspecified atom stereocenters. The van der Waals surface area contributed by atoms with Gasteiger partial charge in [0, 0.05) is 17.3 Å². The zero-order valence-corrected chi connectivity index (χ0v) is 19.9. The Morgan fingerprint density at radius 2 is 1.43 bits per heavy atom. The normalized spacial score (nSPS) is 11.9. The summed E-state index contributed by atoms with van der Waals surface area (Å²) in [6.07, 6.45) is 1.84. The van der Waals surface area contributed by atoms with Crippen LogP contribution in [0.5, 0.6) is 0 Å². The molecule has 0 radical (unpaired) electrons. The van der Waals surface area contributed by atoms with Gasteiger partial charge in [-0.1, -0.05) is 81.4 Å². The Balaban J connectivity index is 1.98. The Labute approximate surface area is 182 Å². The summed E-state index contributed by atoms with van der Waals surface area (Å²) in [5, 5.41) is 0.183. The molecular weight excluding hydrogens is 384 g/mol. The van der Waals surface area contributed by atoms with E-state index in [1.807, 2.05) is 48.7 Å². The van der Waals surface area contributed by atoms with Gasteiger partial charge in [-0.3, -0.25) is 0 Å². The molecule has 0 aliphatic heterocycles. The molecule has 0 saturated heterocycles. The molecule has 0 bridgehead atoms. The van der Waals surface area contributed by atoms with Crippen LogP contribution in [0.25, 0.3) is 0 Å². The van der Waals surface area contributed by atoms with Gasteiger partial charge in [0.25, 0.3) is 0 Å². The van der Waals surface area contributed by atoms with Crippen LogP contribution in [0.3, 0.4) is 0 Å². The smallest absolute Gasteiger partial charge is 0.192 e. The first-order chi connectivity index (χ1) is 14.2. The molecule has 1 heterocycles. The van der Waals surface area contributed by atoms with Gasteiger partial charge in [0.2, 0.25) is 0 Å². The molecule has 3 aromatic rings. The topological polar surface area (TPSA) is 34.5 Å². The molecule has 0 aliphatic carbocycles. The van der Waals surface area contributed by atoms with Crippen molar-refractivity contribution in [1.82, 2.24) is 4.98 Å². The van der Waals surface area contributed by atoms with Gasteiger partial charge in [0.1, 0.15) is 0 Å². The predicted octanol–water partition coefficient (Wildman–Crippen LogP) is 7.08. The first-order valence-electron chi connectivity index (χ1n) is 10.5. The maximum absolute atomic E-state index is 6.45. The van der Waals surface area contributed by atoms with Crippen LogP contribution in [0, 0.1) is 6.92 Å². The fourth-order valence-corrected chi connectivity index (χ4v) is 3.85. The molecule has 0 atom stereocenters. The summed E-state index contributed by atoms with van der Waals surface area (Å²) in [6.45, 7) is 14.0. The van der Waals surface area contributed by atoms with E-state index in [0.29, 0.717) is 6.61 Å². The van der Waals surface area contributed by atoms with E-state index in [9.17, 15) is 0 Å². The second-order valence-corrected chi connectivity index (χ2v) is 14.0. The van der Waals surface area contributed by atoms with E-state index >= 15 is 0 Å². The van der Waals surface area contributed by atoms with Crippen molar-refractivity contribution >= 4 is 19.8 Å². The number of aliphatic imine (C=N–C) groups is 1. The minimum absolute atomic E-state index is 0.183. The maximum Gasteiger partial charge on any atom is 0.192 e. The molecule has 0 aliphatic rings.